The van der Waals surface area contributed by atoms with Crippen LogP contribution in [0.15, 0.2) is 30.3 Å². The van der Waals surface area contributed by atoms with Crippen molar-refractivity contribution in [3.05, 3.63) is 40.8 Å². The molecule has 0 aliphatic heterocycles. The summed E-state index contributed by atoms with van der Waals surface area (Å²) in [5.41, 5.74) is 2.12. The Morgan fingerprint density at radius 3 is 2.47 bits per heavy atom. The highest BCUT2D eigenvalue weighted by Gasteiger charge is 2.21. The fourth-order valence-corrected chi connectivity index (χ4v) is 2.90. The molecule has 88 valence electrons. The van der Waals surface area contributed by atoms with Crippen molar-refractivity contribution < 1.29 is 9.90 Å². The van der Waals surface area contributed by atoms with Gasteiger partial charge in [0.25, 0.3) is 0 Å². The van der Waals surface area contributed by atoms with Gasteiger partial charge in [0.2, 0.25) is 0 Å². The summed E-state index contributed by atoms with van der Waals surface area (Å²) in [6.07, 6.45) is 0. The maximum Gasteiger partial charge on any atom is 0.339 e. The van der Waals surface area contributed by atoms with Gasteiger partial charge in [-0.1, -0.05) is 30.3 Å². The summed E-state index contributed by atoms with van der Waals surface area (Å²) in [6.45, 7) is 1.94. The van der Waals surface area contributed by atoms with Crippen LogP contribution in [0.5, 0.6) is 0 Å². The minimum Gasteiger partial charge on any atom is -0.478 e. The Morgan fingerprint density at radius 2 is 1.94 bits per heavy atom. The SMILES string of the molecule is CNc1sc(C)c(-c2ccccc2)c1C(=O)O. The average Bonchev–Trinajstić information content (AvgIpc) is 2.67. The number of hydrogen-bond acceptors (Lipinski definition) is 3. The zero-order chi connectivity index (χ0) is 12.4. The summed E-state index contributed by atoms with van der Waals surface area (Å²) in [4.78, 5) is 12.4. The fourth-order valence-electron chi connectivity index (χ4n) is 1.88. The number of carboxylic acid groups (broad SMARTS) is 1. The quantitative estimate of drug-likeness (QED) is 0.873. The van der Waals surface area contributed by atoms with Gasteiger partial charge >= 0.3 is 5.97 Å². The smallest absolute Gasteiger partial charge is 0.339 e. The van der Waals surface area contributed by atoms with E-state index < -0.39 is 5.97 Å². The van der Waals surface area contributed by atoms with Gasteiger partial charge in [0.05, 0.1) is 0 Å². The Bertz CT molecular complexity index is 546. The first-order valence-electron chi connectivity index (χ1n) is 5.25. The summed E-state index contributed by atoms with van der Waals surface area (Å²) < 4.78 is 0. The third-order valence-corrected chi connectivity index (χ3v) is 3.71. The van der Waals surface area contributed by atoms with Crippen LogP contribution in [-0.4, -0.2) is 18.1 Å². The van der Waals surface area contributed by atoms with E-state index in [2.05, 4.69) is 5.32 Å². The van der Waals surface area contributed by atoms with Gasteiger partial charge in [0.1, 0.15) is 10.6 Å². The van der Waals surface area contributed by atoms with Gasteiger partial charge in [-0.2, -0.15) is 0 Å². The number of carboxylic acids is 1. The highest BCUT2D eigenvalue weighted by atomic mass is 32.1. The third kappa shape index (κ3) is 2.03. The van der Waals surface area contributed by atoms with Crippen molar-refractivity contribution >= 4 is 22.3 Å². The molecule has 3 nitrogen and oxygen atoms in total. The third-order valence-electron chi connectivity index (χ3n) is 2.59. The molecule has 0 aliphatic rings. The lowest BCUT2D eigenvalue weighted by atomic mass is 10.0. The van der Waals surface area contributed by atoms with Gasteiger partial charge in [0.15, 0.2) is 0 Å². The van der Waals surface area contributed by atoms with E-state index in [-0.39, 0.29) is 0 Å². The molecule has 2 N–H and O–H groups in total. The summed E-state index contributed by atoms with van der Waals surface area (Å²) >= 11 is 1.47. The molecule has 0 saturated carbocycles. The van der Waals surface area contributed by atoms with Gasteiger partial charge in [-0.15, -0.1) is 11.3 Å². The number of benzene rings is 1. The van der Waals surface area contributed by atoms with Crippen LogP contribution in [0.25, 0.3) is 11.1 Å². The van der Waals surface area contributed by atoms with Crippen LogP contribution in [0, 0.1) is 6.92 Å². The first-order valence-corrected chi connectivity index (χ1v) is 6.06. The molecule has 0 amide bonds. The van der Waals surface area contributed by atoms with Crippen LogP contribution in [-0.2, 0) is 0 Å². The predicted molar refractivity (Wildman–Crippen MR) is 71.0 cm³/mol. The van der Waals surface area contributed by atoms with Crippen molar-refractivity contribution in [3.63, 3.8) is 0 Å². The predicted octanol–water partition coefficient (Wildman–Crippen LogP) is 3.46. The average molecular weight is 247 g/mol. The van der Waals surface area contributed by atoms with E-state index in [1.807, 2.05) is 37.3 Å². The molecule has 0 bridgehead atoms. The molecule has 17 heavy (non-hydrogen) atoms. The summed E-state index contributed by atoms with van der Waals surface area (Å²) in [6, 6.07) is 9.61. The standard InChI is InChI=1S/C13H13NO2S/c1-8-10(9-6-4-3-5-7-9)11(13(15)16)12(14-2)17-8/h3-7,14H,1-2H3,(H,15,16). The molecule has 0 fully saturated rings. The van der Waals surface area contributed by atoms with E-state index in [9.17, 15) is 9.90 Å². The Kier molecular flexibility index (Phi) is 3.15. The number of thiophene rings is 1. The van der Waals surface area contributed by atoms with E-state index in [1.165, 1.54) is 11.3 Å². The Morgan fingerprint density at radius 1 is 1.29 bits per heavy atom. The van der Waals surface area contributed by atoms with Crippen molar-refractivity contribution in [2.75, 3.05) is 12.4 Å². The fraction of sp³-hybridized carbons (Fsp3) is 0.154. The molecule has 2 rings (SSSR count). The van der Waals surface area contributed by atoms with Crippen LogP contribution in [0.3, 0.4) is 0 Å². The van der Waals surface area contributed by atoms with Gasteiger partial charge < -0.3 is 10.4 Å². The van der Waals surface area contributed by atoms with Crippen molar-refractivity contribution in [1.29, 1.82) is 0 Å². The molecule has 0 radical (unpaired) electrons. The van der Waals surface area contributed by atoms with Gasteiger partial charge in [-0.3, -0.25) is 0 Å². The number of rotatable bonds is 3. The lowest BCUT2D eigenvalue weighted by Gasteiger charge is -2.03. The number of nitrogens with one attached hydrogen (secondary N) is 1. The molecule has 0 aliphatic carbocycles. The molecule has 2 aromatic rings. The number of aryl methyl sites for hydroxylation is 1. The summed E-state index contributed by atoms with van der Waals surface area (Å²) in [5, 5.41) is 13.0. The van der Waals surface area contributed by atoms with Gasteiger partial charge in [0, 0.05) is 17.5 Å². The van der Waals surface area contributed by atoms with E-state index in [4.69, 9.17) is 0 Å². The Labute approximate surface area is 104 Å². The monoisotopic (exact) mass is 247 g/mol. The number of carbonyl (C=O) groups is 1. The van der Waals surface area contributed by atoms with Crippen LogP contribution >= 0.6 is 11.3 Å². The van der Waals surface area contributed by atoms with Gasteiger partial charge in [-0.05, 0) is 12.5 Å². The minimum atomic E-state index is -0.891. The van der Waals surface area contributed by atoms with Crippen LogP contribution in [0.1, 0.15) is 15.2 Å². The number of anilines is 1. The van der Waals surface area contributed by atoms with E-state index >= 15 is 0 Å². The molecule has 1 aromatic heterocycles. The van der Waals surface area contributed by atoms with Crippen molar-refractivity contribution in [2.24, 2.45) is 0 Å². The van der Waals surface area contributed by atoms with Gasteiger partial charge in [-0.25, -0.2) is 4.79 Å². The molecule has 0 saturated heterocycles. The highest BCUT2D eigenvalue weighted by Crippen LogP contribution is 2.39. The van der Waals surface area contributed by atoms with E-state index in [0.29, 0.717) is 10.6 Å². The molecule has 4 heteroatoms. The number of aromatic carboxylic acids is 1. The minimum absolute atomic E-state index is 0.362. The molecule has 1 aromatic carbocycles. The lowest BCUT2D eigenvalue weighted by molar-refractivity contribution is 0.0699. The van der Waals surface area contributed by atoms with Crippen LogP contribution < -0.4 is 5.32 Å². The molecule has 0 unspecified atom stereocenters. The maximum atomic E-state index is 11.4. The first kappa shape index (κ1) is 11.7. The Hall–Kier alpha value is -1.81. The maximum absolute atomic E-state index is 11.4. The largest absolute Gasteiger partial charge is 0.478 e. The second-order valence-corrected chi connectivity index (χ2v) is 4.88. The highest BCUT2D eigenvalue weighted by molar-refractivity contribution is 7.17. The zero-order valence-corrected chi connectivity index (χ0v) is 10.5. The second-order valence-electron chi connectivity index (χ2n) is 3.66. The molecule has 0 spiro atoms. The van der Waals surface area contributed by atoms with E-state index in [1.54, 1.807) is 7.05 Å². The molecular weight excluding hydrogens is 234 g/mol. The molecular formula is C13H13NO2S. The normalized spacial score (nSPS) is 10.2. The zero-order valence-electron chi connectivity index (χ0n) is 9.65. The molecule has 1 heterocycles. The summed E-state index contributed by atoms with van der Waals surface area (Å²) in [7, 11) is 1.74. The molecule has 0 atom stereocenters. The second kappa shape index (κ2) is 4.59. The van der Waals surface area contributed by atoms with E-state index in [0.717, 1.165) is 16.0 Å². The topological polar surface area (TPSA) is 49.3 Å². The van der Waals surface area contributed by atoms with Crippen LogP contribution in [0.4, 0.5) is 5.00 Å². The number of hydrogen-bond donors (Lipinski definition) is 2. The first-order chi connectivity index (χ1) is 8.15. The lowest BCUT2D eigenvalue weighted by Crippen LogP contribution is -2.01. The Balaban J connectivity index is 2.69. The van der Waals surface area contributed by atoms with Crippen molar-refractivity contribution in [3.8, 4) is 11.1 Å². The summed E-state index contributed by atoms with van der Waals surface area (Å²) in [5.74, 6) is -0.891. The van der Waals surface area contributed by atoms with Crippen molar-refractivity contribution in [2.45, 2.75) is 6.92 Å². The van der Waals surface area contributed by atoms with Crippen molar-refractivity contribution in [1.82, 2.24) is 0 Å². The van der Waals surface area contributed by atoms with Crippen LogP contribution in [0.2, 0.25) is 0 Å².